The number of anilines is 2. The molecule has 0 aliphatic rings. The molecule has 5 aromatic rings. The Morgan fingerprint density at radius 1 is 1.00 bits per heavy atom. The smallest absolute Gasteiger partial charge is 0.239 e. The summed E-state index contributed by atoms with van der Waals surface area (Å²) in [6.45, 7) is 1.68. The molecule has 3 aromatic carbocycles. The van der Waals surface area contributed by atoms with E-state index in [1.165, 1.54) is 45.8 Å². The number of benzene rings is 3. The van der Waals surface area contributed by atoms with Crippen LogP contribution in [0.25, 0.3) is 20.8 Å². The van der Waals surface area contributed by atoms with Crippen molar-refractivity contribution < 1.29 is 13.6 Å². The summed E-state index contributed by atoms with van der Waals surface area (Å²) in [5.41, 5.74) is 3.05. The molecule has 2 heterocycles. The van der Waals surface area contributed by atoms with Crippen molar-refractivity contribution in [3.63, 3.8) is 0 Å². The number of amides is 1. The van der Waals surface area contributed by atoms with Crippen molar-refractivity contribution in [2.24, 2.45) is 0 Å². The fourth-order valence-electron chi connectivity index (χ4n) is 3.38. The van der Waals surface area contributed by atoms with Gasteiger partial charge in [0, 0.05) is 10.9 Å². The summed E-state index contributed by atoms with van der Waals surface area (Å²) < 4.78 is 28.5. The lowest BCUT2D eigenvalue weighted by Gasteiger charge is -2.20. The Hall–Kier alpha value is -3.49. The van der Waals surface area contributed by atoms with Crippen LogP contribution < -0.4 is 4.90 Å². The Balaban J connectivity index is 1.49. The summed E-state index contributed by atoms with van der Waals surface area (Å²) in [4.78, 5) is 24.1. The molecule has 0 unspecified atom stereocenters. The van der Waals surface area contributed by atoms with Gasteiger partial charge in [-0.05, 0) is 61.0 Å². The number of hydrogen-bond acceptors (Lipinski definition) is 5. The molecule has 0 aliphatic carbocycles. The number of aryl methyl sites for hydroxylation is 1. The summed E-state index contributed by atoms with van der Waals surface area (Å²) in [5.74, 6) is -0.977. The molecule has 8 heteroatoms. The Bertz CT molecular complexity index is 1430. The van der Waals surface area contributed by atoms with Gasteiger partial charge >= 0.3 is 0 Å². The van der Waals surface area contributed by atoms with Gasteiger partial charge in [0.2, 0.25) is 5.91 Å². The maximum Gasteiger partial charge on any atom is 0.239 e. The van der Waals surface area contributed by atoms with Crippen molar-refractivity contribution in [2.75, 3.05) is 4.90 Å². The standard InChI is InChI=1S/C25H17F2N3OS2/c1-15-6-11-19(13-20(15)27)30(25-29-21-4-2-3-5-22(21)33-25)23(31)12-18-14-32-24(28-18)16-7-9-17(26)10-8-16/h2-11,13-14H,12H2,1H3. The molecule has 0 saturated heterocycles. The first-order valence-electron chi connectivity index (χ1n) is 10.1. The van der Waals surface area contributed by atoms with Gasteiger partial charge in [-0.25, -0.2) is 18.7 Å². The number of nitrogens with zero attached hydrogens (tertiary/aromatic N) is 3. The summed E-state index contributed by atoms with van der Waals surface area (Å²) in [7, 11) is 0. The third-order valence-corrected chi connectivity index (χ3v) is 7.07. The molecule has 2 aromatic heterocycles. The molecule has 33 heavy (non-hydrogen) atoms. The quantitative estimate of drug-likeness (QED) is 0.276. The van der Waals surface area contributed by atoms with Crippen molar-refractivity contribution >= 4 is 49.6 Å². The third kappa shape index (κ3) is 4.40. The summed E-state index contributed by atoms with van der Waals surface area (Å²) in [5, 5.41) is 2.98. The zero-order chi connectivity index (χ0) is 22.9. The van der Waals surface area contributed by atoms with E-state index in [1.54, 1.807) is 31.2 Å². The number of fused-ring (bicyclic) bond motifs is 1. The molecule has 0 fully saturated rings. The minimum absolute atomic E-state index is 0.0170. The van der Waals surface area contributed by atoms with Crippen LogP contribution in [0, 0.1) is 18.6 Å². The van der Waals surface area contributed by atoms with Gasteiger partial charge in [-0.15, -0.1) is 11.3 Å². The summed E-state index contributed by atoms with van der Waals surface area (Å²) in [6.07, 6.45) is 0.0170. The third-order valence-electron chi connectivity index (χ3n) is 5.11. The number of thiazole rings is 2. The van der Waals surface area contributed by atoms with E-state index in [4.69, 9.17) is 0 Å². The molecule has 164 valence electrons. The zero-order valence-corrected chi connectivity index (χ0v) is 19.1. The normalized spacial score (nSPS) is 11.1. The van der Waals surface area contributed by atoms with Gasteiger partial charge in [-0.1, -0.05) is 29.5 Å². The van der Waals surface area contributed by atoms with Crippen molar-refractivity contribution in [3.8, 4) is 10.6 Å². The number of halogens is 2. The van der Waals surface area contributed by atoms with Gasteiger partial charge in [0.25, 0.3) is 0 Å². The Kier molecular flexibility index (Phi) is 5.70. The number of carbonyl (C=O) groups excluding carboxylic acids is 1. The number of rotatable bonds is 5. The number of para-hydroxylation sites is 1. The highest BCUT2D eigenvalue weighted by Gasteiger charge is 2.24. The molecule has 5 rings (SSSR count). The molecule has 4 nitrogen and oxygen atoms in total. The number of hydrogen-bond donors (Lipinski definition) is 0. The van der Waals surface area contributed by atoms with Crippen LogP contribution in [-0.4, -0.2) is 15.9 Å². The van der Waals surface area contributed by atoms with E-state index in [-0.39, 0.29) is 18.1 Å². The molecule has 0 spiro atoms. The van der Waals surface area contributed by atoms with E-state index in [0.29, 0.717) is 27.1 Å². The van der Waals surface area contributed by atoms with Gasteiger partial charge < -0.3 is 0 Å². The first-order chi connectivity index (χ1) is 16.0. The van der Waals surface area contributed by atoms with E-state index >= 15 is 0 Å². The van der Waals surface area contributed by atoms with Crippen LogP contribution in [-0.2, 0) is 11.2 Å². The lowest BCUT2D eigenvalue weighted by molar-refractivity contribution is -0.117. The summed E-state index contributed by atoms with van der Waals surface area (Å²) in [6, 6.07) is 18.4. The van der Waals surface area contributed by atoms with Crippen LogP contribution in [0.4, 0.5) is 19.6 Å². The van der Waals surface area contributed by atoms with E-state index in [9.17, 15) is 13.6 Å². The molecular weight excluding hydrogens is 460 g/mol. The molecule has 0 aliphatic heterocycles. The van der Waals surface area contributed by atoms with Crippen molar-refractivity contribution in [1.29, 1.82) is 0 Å². The number of aromatic nitrogens is 2. The van der Waals surface area contributed by atoms with Crippen molar-refractivity contribution in [1.82, 2.24) is 9.97 Å². The maximum atomic E-state index is 14.4. The number of carbonyl (C=O) groups is 1. The monoisotopic (exact) mass is 477 g/mol. The predicted molar refractivity (Wildman–Crippen MR) is 129 cm³/mol. The van der Waals surface area contributed by atoms with Crippen LogP contribution in [0.1, 0.15) is 11.3 Å². The lowest BCUT2D eigenvalue weighted by Crippen LogP contribution is -2.27. The zero-order valence-electron chi connectivity index (χ0n) is 17.5. The SMILES string of the molecule is Cc1ccc(N(C(=O)Cc2csc(-c3ccc(F)cc3)n2)c2nc3ccccc3s2)cc1F. The van der Waals surface area contributed by atoms with Gasteiger partial charge in [-0.2, -0.15) is 0 Å². The molecular formula is C25H17F2N3OS2. The first kappa shape index (κ1) is 21.4. The van der Waals surface area contributed by atoms with E-state index in [2.05, 4.69) is 9.97 Å². The van der Waals surface area contributed by atoms with Crippen LogP contribution in [0.2, 0.25) is 0 Å². The molecule has 0 bridgehead atoms. The maximum absolute atomic E-state index is 14.4. The van der Waals surface area contributed by atoms with Crippen molar-refractivity contribution in [3.05, 3.63) is 95.0 Å². The average Bonchev–Trinajstić information content (AvgIpc) is 3.44. The van der Waals surface area contributed by atoms with Gasteiger partial charge in [-0.3, -0.25) is 9.69 Å². The second-order valence-corrected chi connectivity index (χ2v) is 9.32. The predicted octanol–water partition coefficient (Wildman–Crippen LogP) is 6.91. The molecule has 0 saturated carbocycles. The molecule has 1 amide bonds. The minimum Gasteiger partial charge on any atom is -0.274 e. The lowest BCUT2D eigenvalue weighted by atomic mass is 10.2. The van der Waals surface area contributed by atoms with E-state index < -0.39 is 5.82 Å². The van der Waals surface area contributed by atoms with E-state index in [0.717, 1.165) is 15.8 Å². The molecule has 0 atom stereocenters. The van der Waals surface area contributed by atoms with Gasteiger partial charge in [0.15, 0.2) is 5.13 Å². The Morgan fingerprint density at radius 3 is 2.55 bits per heavy atom. The Morgan fingerprint density at radius 2 is 1.79 bits per heavy atom. The minimum atomic E-state index is -0.390. The van der Waals surface area contributed by atoms with Crippen molar-refractivity contribution in [2.45, 2.75) is 13.3 Å². The average molecular weight is 478 g/mol. The van der Waals surface area contributed by atoms with Crippen LogP contribution >= 0.6 is 22.7 Å². The second-order valence-electron chi connectivity index (χ2n) is 7.45. The highest BCUT2D eigenvalue weighted by molar-refractivity contribution is 7.22. The van der Waals surface area contributed by atoms with Gasteiger partial charge in [0.1, 0.15) is 16.6 Å². The van der Waals surface area contributed by atoms with Crippen LogP contribution in [0.3, 0.4) is 0 Å². The highest BCUT2D eigenvalue weighted by Crippen LogP contribution is 2.35. The second kappa shape index (κ2) is 8.80. The topological polar surface area (TPSA) is 46.1 Å². The van der Waals surface area contributed by atoms with Crippen LogP contribution in [0.15, 0.2) is 72.1 Å². The largest absolute Gasteiger partial charge is 0.274 e. The molecule has 0 N–H and O–H groups in total. The van der Waals surface area contributed by atoms with Crippen LogP contribution in [0.5, 0.6) is 0 Å². The first-order valence-corrected chi connectivity index (χ1v) is 11.8. The fraction of sp³-hybridized carbons (Fsp3) is 0.0800. The Labute approximate surface area is 196 Å². The van der Waals surface area contributed by atoms with E-state index in [1.807, 2.05) is 29.6 Å². The fourth-order valence-corrected chi connectivity index (χ4v) is 5.21. The molecule has 0 radical (unpaired) electrons. The van der Waals surface area contributed by atoms with Gasteiger partial charge in [0.05, 0.1) is 28.0 Å². The highest BCUT2D eigenvalue weighted by atomic mass is 32.1. The summed E-state index contributed by atoms with van der Waals surface area (Å²) >= 11 is 2.76.